The van der Waals surface area contributed by atoms with Crippen molar-refractivity contribution >= 4 is 38.4 Å². The summed E-state index contributed by atoms with van der Waals surface area (Å²) in [6.45, 7) is 1.68. The Morgan fingerprint density at radius 3 is 2.67 bits per heavy atom. The van der Waals surface area contributed by atoms with Gasteiger partial charge in [-0.05, 0) is 30.7 Å². The van der Waals surface area contributed by atoms with Crippen molar-refractivity contribution in [1.82, 2.24) is 8.87 Å². The van der Waals surface area contributed by atoms with E-state index in [1.54, 1.807) is 38.2 Å². The fourth-order valence-corrected chi connectivity index (χ4v) is 5.84. The summed E-state index contributed by atoms with van der Waals surface area (Å²) in [6, 6.07) is 6.49. The molecule has 2 aromatic heterocycles. The van der Waals surface area contributed by atoms with Crippen molar-refractivity contribution < 1.29 is 17.6 Å². The second kappa shape index (κ2) is 4.81. The summed E-state index contributed by atoms with van der Waals surface area (Å²) in [5.41, 5.74) is 1.79. The molecule has 3 aromatic rings. The monoisotopic (exact) mass is 364 g/mol. The predicted molar refractivity (Wildman–Crippen MR) is 87.6 cm³/mol. The number of carbonyl (C=O) groups excluding carboxylic acids is 1. The van der Waals surface area contributed by atoms with Crippen molar-refractivity contribution in [2.75, 3.05) is 0 Å². The van der Waals surface area contributed by atoms with E-state index in [-0.39, 0.29) is 16.3 Å². The molecule has 0 fully saturated rings. The SMILES string of the molecule is Cc1cc2c(s1)S(=O)(=O)N(Cc1ccc3oc(=O)n(C)c3c1)C2=O. The zero-order valence-corrected chi connectivity index (χ0v) is 14.4. The van der Waals surface area contributed by atoms with Crippen LogP contribution in [0, 0.1) is 6.92 Å². The van der Waals surface area contributed by atoms with Gasteiger partial charge in [-0.15, -0.1) is 11.3 Å². The molecule has 1 aliphatic rings. The highest BCUT2D eigenvalue weighted by atomic mass is 32.2. The maximum absolute atomic E-state index is 12.6. The average Bonchev–Trinajstić information content (AvgIpc) is 3.10. The third-order valence-corrected chi connectivity index (χ3v) is 7.28. The minimum Gasteiger partial charge on any atom is -0.408 e. The zero-order chi connectivity index (χ0) is 17.2. The molecule has 0 N–H and O–H groups in total. The van der Waals surface area contributed by atoms with E-state index in [0.717, 1.165) is 20.5 Å². The third kappa shape index (κ3) is 1.98. The van der Waals surface area contributed by atoms with Crippen molar-refractivity contribution in [3.05, 3.63) is 50.8 Å². The number of hydrogen-bond donors (Lipinski definition) is 0. The lowest BCUT2D eigenvalue weighted by Gasteiger charge is -2.15. The van der Waals surface area contributed by atoms with Gasteiger partial charge in [0.25, 0.3) is 15.9 Å². The van der Waals surface area contributed by atoms with Gasteiger partial charge >= 0.3 is 5.76 Å². The first-order valence-electron chi connectivity index (χ1n) is 7.05. The van der Waals surface area contributed by atoms with Gasteiger partial charge in [0.15, 0.2) is 9.79 Å². The number of sulfonamides is 1. The van der Waals surface area contributed by atoms with Gasteiger partial charge < -0.3 is 4.42 Å². The van der Waals surface area contributed by atoms with Crippen molar-refractivity contribution in [3.63, 3.8) is 0 Å². The smallest absolute Gasteiger partial charge is 0.408 e. The largest absolute Gasteiger partial charge is 0.419 e. The molecule has 0 unspecified atom stereocenters. The van der Waals surface area contributed by atoms with Crippen molar-refractivity contribution in [3.8, 4) is 0 Å². The Bertz CT molecular complexity index is 1170. The highest BCUT2D eigenvalue weighted by Crippen LogP contribution is 2.37. The molecule has 7 nitrogen and oxygen atoms in total. The number of oxazole rings is 1. The van der Waals surface area contributed by atoms with E-state index >= 15 is 0 Å². The number of amides is 1. The van der Waals surface area contributed by atoms with Crippen molar-refractivity contribution in [2.45, 2.75) is 17.7 Å². The van der Waals surface area contributed by atoms with E-state index in [2.05, 4.69) is 0 Å². The maximum atomic E-state index is 12.6. The van der Waals surface area contributed by atoms with Crippen LogP contribution in [0.3, 0.4) is 0 Å². The lowest BCUT2D eigenvalue weighted by Crippen LogP contribution is -2.29. The quantitative estimate of drug-likeness (QED) is 0.692. The van der Waals surface area contributed by atoms with Gasteiger partial charge in [0.05, 0.1) is 17.6 Å². The Kier molecular flexibility index (Phi) is 3.03. The van der Waals surface area contributed by atoms with Gasteiger partial charge in [0, 0.05) is 11.9 Å². The summed E-state index contributed by atoms with van der Waals surface area (Å²) in [5, 5.41) is 0. The number of hydrogen-bond acceptors (Lipinski definition) is 6. The Morgan fingerprint density at radius 2 is 1.96 bits per heavy atom. The first kappa shape index (κ1) is 15.2. The van der Waals surface area contributed by atoms with Crippen LogP contribution in [0.4, 0.5) is 0 Å². The fraction of sp³-hybridized carbons (Fsp3) is 0.200. The van der Waals surface area contributed by atoms with E-state index < -0.39 is 21.7 Å². The molecule has 9 heteroatoms. The van der Waals surface area contributed by atoms with Crippen LogP contribution in [-0.2, 0) is 23.6 Å². The molecule has 124 valence electrons. The van der Waals surface area contributed by atoms with Gasteiger partial charge in [-0.2, -0.15) is 0 Å². The first-order chi connectivity index (χ1) is 11.3. The minimum absolute atomic E-state index is 0.0864. The number of aromatic nitrogens is 1. The highest BCUT2D eigenvalue weighted by Gasteiger charge is 2.43. The fourth-order valence-electron chi connectivity index (χ4n) is 2.77. The van der Waals surface area contributed by atoms with Gasteiger partial charge in [-0.25, -0.2) is 17.5 Å². The van der Waals surface area contributed by atoms with Crippen molar-refractivity contribution in [2.24, 2.45) is 7.05 Å². The molecule has 0 bridgehead atoms. The second-order valence-electron chi connectivity index (χ2n) is 5.60. The lowest BCUT2D eigenvalue weighted by molar-refractivity contribution is 0.0865. The summed E-state index contributed by atoms with van der Waals surface area (Å²) < 4.78 is 32.5. The molecule has 0 saturated heterocycles. The number of fused-ring (bicyclic) bond motifs is 2. The molecule has 0 saturated carbocycles. The molecule has 1 aliphatic heterocycles. The van der Waals surface area contributed by atoms with Crippen LogP contribution < -0.4 is 5.76 Å². The van der Waals surface area contributed by atoms with E-state index in [4.69, 9.17) is 4.42 Å². The number of benzene rings is 1. The summed E-state index contributed by atoms with van der Waals surface area (Å²) in [4.78, 5) is 24.8. The molecular weight excluding hydrogens is 352 g/mol. The maximum Gasteiger partial charge on any atom is 0.419 e. The van der Waals surface area contributed by atoms with Crippen LogP contribution in [0.5, 0.6) is 0 Å². The Labute approximate surface area is 140 Å². The Hall–Kier alpha value is -2.39. The van der Waals surface area contributed by atoms with Crippen LogP contribution in [0.15, 0.2) is 37.7 Å². The average molecular weight is 364 g/mol. The van der Waals surface area contributed by atoms with Crippen LogP contribution in [-0.4, -0.2) is 23.2 Å². The number of rotatable bonds is 2. The predicted octanol–water partition coefficient (Wildman–Crippen LogP) is 1.85. The Balaban J connectivity index is 1.76. The minimum atomic E-state index is -3.82. The standard InChI is InChI=1S/C15H12N2O5S2/c1-8-5-10-13(18)17(24(20,21)14(10)23-8)7-9-3-4-12-11(6-9)16(2)15(19)22-12/h3-6H,7H2,1-2H3. The molecule has 3 heterocycles. The van der Waals surface area contributed by atoms with E-state index in [0.29, 0.717) is 16.7 Å². The normalized spacial score (nSPS) is 16.1. The van der Waals surface area contributed by atoms with Crippen LogP contribution in [0.2, 0.25) is 0 Å². The molecule has 0 spiro atoms. The molecule has 1 aromatic carbocycles. The second-order valence-corrected chi connectivity index (χ2v) is 8.92. The number of nitrogens with zero attached hydrogens (tertiary/aromatic N) is 2. The third-order valence-electron chi connectivity index (χ3n) is 3.98. The van der Waals surface area contributed by atoms with E-state index in [1.165, 1.54) is 4.57 Å². The topological polar surface area (TPSA) is 89.6 Å². The highest BCUT2D eigenvalue weighted by molar-refractivity contribution is 7.92. The number of aryl methyl sites for hydroxylation is 2. The van der Waals surface area contributed by atoms with Crippen LogP contribution >= 0.6 is 11.3 Å². The van der Waals surface area contributed by atoms with Gasteiger partial charge in [-0.1, -0.05) is 6.07 Å². The number of carbonyl (C=O) groups is 1. The first-order valence-corrected chi connectivity index (χ1v) is 9.30. The molecule has 24 heavy (non-hydrogen) atoms. The lowest BCUT2D eigenvalue weighted by atomic mass is 10.2. The summed E-state index contributed by atoms with van der Waals surface area (Å²) >= 11 is 1.10. The molecule has 1 amide bonds. The molecule has 0 radical (unpaired) electrons. The van der Waals surface area contributed by atoms with Gasteiger partial charge in [0.1, 0.15) is 0 Å². The summed E-state index contributed by atoms with van der Waals surface area (Å²) in [7, 11) is -2.26. The molecule has 4 rings (SSSR count). The van der Waals surface area contributed by atoms with Gasteiger partial charge in [0.2, 0.25) is 0 Å². The number of thiophene rings is 1. The summed E-state index contributed by atoms with van der Waals surface area (Å²) in [6.07, 6.45) is 0. The molecule has 0 aliphatic carbocycles. The molecule has 0 atom stereocenters. The van der Waals surface area contributed by atoms with E-state index in [9.17, 15) is 18.0 Å². The zero-order valence-electron chi connectivity index (χ0n) is 12.8. The molecular formula is C15H12N2O5S2. The van der Waals surface area contributed by atoms with Crippen LogP contribution in [0.1, 0.15) is 20.8 Å². The summed E-state index contributed by atoms with van der Waals surface area (Å²) in [5.74, 6) is -1.01. The van der Waals surface area contributed by atoms with E-state index in [1.807, 2.05) is 0 Å². The Morgan fingerprint density at radius 1 is 1.21 bits per heavy atom. The van der Waals surface area contributed by atoms with Crippen LogP contribution in [0.25, 0.3) is 11.1 Å². The van der Waals surface area contributed by atoms with Gasteiger partial charge in [-0.3, -0.25) is 9.36 Å². The van der Waals surface area contributed by atoms with Crippen molar-refractivity contribution in [1.29, 1.82) is 0 Å².